The summed E-state index contributed by atoms with van der Waals surface area (Å²) in [5.74, 6) is 1.47. The molecule has 3 heterocycles. The summed E-state index contributed by atoms with van der Waals surface area (Å²) in [6.45, 7) is 4.38. The van der Waals surface area contributed by atoms with Crippen LogP contribution < -0.4 is 10.2 Å². The maximum atomic E-state index is 13.0. The number of likely N-dealkylation sites (tertiary alicyclic amines) is 1. The molecule has 0 saturated carbocycles. The van der Waals surface area contributed by atoms with Crippen LogP contribution in [0.15, 0.2) is 29.2 Å². The van der Waals surface area contributed by atoms with Crippen LogP contribution in [-0.2, 0) is 9.59 Å². The van der Waals surface area contributed by atoms with Gasteiger partial charge >= 0.3 is 0 Å². The zero-order chi connectivity index (χ0) is 18.1. The molecule has 140 valence electrons. The van der Waals surface area contributed by atoms with E-state index in [1.807, 2.05) is 35.4 Å². The Hall–Kier alpha value is -1.53. The van der Waals surface area contributed by atoms with Crippen molar-refractivity contribution in [1.82, 2.24) is 10.2 Å². The Labute approximate surface area is 159 Å². The highest BCUT2D eigenvalue weighted by molar-refractivity contribution is 7.98. The van der Waals surface area contributed by atoms with E-state index in [0.29, 0.717) is 24.8 Å². The van der Waals surface area contributed by atoms with E-state index in [1.165, 1.54) is 0 Å². The van der Waals surface area contributed by atoms with Crippen LogP contribution in [0.3, 0.4) is 0 Å². The minimum absolute atomic E-state index is 0.0671. The van der Waals surface area contributed by atoms with Gasteiger partial charge in [0, 0.05) is 36.6 Å². The van der Waals surface area contributed by atoms with Crippen LogP contribution in [0.5, 0.6) is 0 Å². The second-order valence-electron chi connectivity index (χ2n) is 7.69. The standard InChI is InChI=1S/C20H27N3O2S/c1-26-18-4-2-3-17(10-18)23-13-16(9-19(23)24)20(25)22-7-5-14-11-21-12-15(14)6-8-22/h2-4,10,14-16,21H,5-9,11-13H2,1H3/t14-,15+,16?. The molecule has 1 aromatic carbocycles. The fourth-order valence-corrected chi connectivity index (χ4v) is 5.05. The second-order valence-corrected chi connectivity index (χ2v) is 8.57. The maximum Gasteiger partial charge on any atom is 0.228 e. The SMILES string of the molecule is CSc1cccc(N2CC(C(=O)N3CC[C@@H]4CNC[C@@H]4CC3)CC2=O)c1. The molecule has 3 atom stereocenters. The Balaban J connectivity index is 1.42. The molecule has 5 nitrogen and oxygen atoms in total. The molecule has 0 bridgehead atoms. The van der Waals surface area contributed by atoms with Crippen molar-refractivity contribution < 1.29 is 9.59 Å². The minimum atomic E-state index is -0.198. The van der Waals surface area contributed by atoms with E-state index < -0.39 is 0 Å². The molecule has 3 aliphatic heterocycles. The second kappa shape index (κ2) is 7.61. The number of amides is 2. The van der Waals surface area contributed by atoms with Gasteiger partial charge in [0.25, 0.3) is 0 Å². The summed E-state index contributed by atoms with van der Waals surface area (Å²) < 4.78 is 0. The number of nitrogens with one attached hydrogen (secondary N) is 1. The molecule has 6 heteroatoms. The first kappa shape index (κ1) is 17.9. The lowest BCUT2D eigenvalue weighted by Gasteiger charge is -2.24. The Morgan fingerprint density at radius 1 is 1.19 bits per heavy atom. The lowest BCUT2D eigenvalue weighted by atomic mass is 9.92. The van der Waals surface area contributed by atoms with E-state index in [0.717, 1.165) is 49.6 Å². The molecule has 1 unspecified atom stereocenters. The predicted octanol–water partition coefficient (Wildman–Crippen LogP) is 2.22. The van der Waals surface area contributed by atoms with Crippen molar-refractivity contribution in [2.24, 2.45) is 17.8 Å². The van der Waals surface area contributed by atoms with E-state index >= 15 is 0 Å². The first-order valence-corrected chi connectivity index (χ1v) is 10.8. The number of hydrogen-bond acceptors (Lipinski definition) is 4. The molecule has 3 aliphatic rings. The van der Waals surface area contributed by atoms with Crippen molar-refractivity contribution >= 4 is 29.3 Å². The number of fused-ring (bicyclic) bond motifs is 1. The van der Waals surface area contributed by atoms with Gasteiger partial charge in [-0.3, -0.25) is 9.59 Å². The molecule has 0 spiro atoms. The minimum Gasteiger partial charge on any atom is -0.342 e. The molecule has 2 amide bonds. The lowest BCUT2D eigenvalue weighted by molar-refractivity contribution is -0.135. The molecule has 26 heavy (non-hydrogen) atoms. The van der Waals surface area contributed by atoms with Crippen molar-refractivity contribution in [3.05, 3.63) is 24.3 Å². The van der Waals surface area contributed by atoms with E-state index in [-0.39, 0.29) is 17.7 Å². The molecule has 1 aromatic rings. The molecule has 0 aliphatic carbocycles. The van der Waals surface area contributed by atoms with E-state index in [9.17, 15) is 9.59 Å². The van der Waals surface area contributed by atoms with Gasteiger partial charge < -0.3 is 15.1 Å². The molecule has 3 fully saturated rings. The summed E-state index contributed by atoms with van der Waals surface area (Å²) in [6.07, 6.45) is 4.54. The fraction of sp³-hybridized carbons (Fsp3) is 0.600. The van der Waals surface area contributed by atoms with Crippen molar-refractivity contribution in [2.45, 2.75) is 24.2 Å². The topological polar surface area (TPSA) is 52.7 Å². The molecular weight excluding hydrogens is 346 g/mol. The zero-order valence-electron chi connectivity index (χ0n) is 15.3. The van der Waals surface area contributed by atoms with Crippen LogP contribution in [0.2, 0.25) is 0 Å². The first-order valence-electron chi connectivity index (χ1n) is 9.59. The number of rotatable bonds is 3. The average molecular weight is 374 g/mol. The third-order valence-corrected chi connectivity index (χ3v) is 6.90. The molecular formula is C20H27N3O2S. The highest BCUT2D eigenvalue weighted by atomic mass is 32.2. The zero-order valence-corrected chi connectivity index (χ0v) is 16.1. The van der Waals surface area contributed by atoms with E-state index in [1.54, 1.807) is 16.7 Å². The first-order chi connectivity index (χ1) is 12.7. The van der Waals surface area contributed by atoms with Gasteiger partial charge in [-0.2, -0.15) is 0 Å². The number of anilines is 1. The van der Waals surface area contributed by atoms with Crippen LogP contribution in [0.4, 0.5) is 5.69 Å². The van der Waals surface area contributed by atoms with Gasteiger partial charge in [0.05, 0.1) is 5.92 Å². The highest BCUT2D eigenvalue weighted by Crippen LogP contribution is 2.31. The summed E-state index contributed by atoms with van der Waals surface area (Å²) >= 11 is 1.66. The molecule has 4 rings (SSSR count). The third-order valence-electron chi connectivity index (χ3n) is 6.17. The quantitative estimate of drug-likeness (QED) is 0.826. The van der Waals surface area contributed by atoms with Gasteiger partial charge in [0.2, 0.25) is 11.8 Å². The van der Waals surface area contributed by atoms with Crippen molar-refractivity contribution in [1.29, 1.82) is 0 Å². The molecule has 0 radical (unpaired) electrons. The van der Waals surface area contributed by atoms with E-state index in [2.05, 4.69) is 5.32 Å². The smallest absolute Gasteiger partial charge is 0.228 e. The van der Waals surface area contributed by atoms with Crippen molar-refractivity contribution in [2.75, 3.05) is 43.9 Å². The summed E-state index contributed by atoms with van der Waals surface area (Å²) in [7, 11) is 0. The van der Waals surface area contributed by atoms with Gasteiger partial charge in [0.1, 0.15) is 0 Å². The van der Waals surface area contributed by atoms with Crippen LogP contribution in [0, 0.1) is 17.8 Å². The van der Waals surface area contributed by atoms with Crippen LogP contribution >= 0.6 is 11.8 Å². The number of hydrogen-bond donors (Lipinski definition) is 1. The number of carbonyl (C=O) groups excluding carboxylic acids is 2. The normalized spacial score (nSPS) is 29.0. The van der Waals surface area contributed by atoms with Crippen LogP contribution in [-0.4, -0.2) is 55.7 Å². The van der Waals surface area contributed by atoms with Gasteiger partial charge in [0.15, 0.2) is 0 Å². The van der Waals surface area contributed by atoms with Gasteiger partial charge in [-0.1, -0.05) is 6.07 Å². The number of benzene rings is 1. The molecule has 3 saturated heterocycles. The number of carbonyl (C=O) groups is 2. The molecule has 0 aromatic heterocycles. The van der Waals surface area contributed by atoms with Crippen LogP contribution in [0.25, 0.3) is 0 Å². The van der Waals surface area contributed by atoms with Crippen LogP contribution in [0.1, 0.15) is 19.3 Å². The van der Waals surface area contributed by atoms with Gasteiger partial charge in [-0.05, 0) is 62.2 Å². The largest absolute Gasteiger partial charge is 0.342 e. The highest BCUT2D eigenvalue weighted by Gasteiger charge is 2.39. The van der Waals surface area contributed by atoms with Crippen molar-refractivity contribution in [3.63, 3.8) is 0 Å². The van der Waals surface area contributed by atoms with Crippen molar-refractivity contribution in [3.8, 4) is 0 Å². The number of nitrogens with zero attached hydrogens (tertiary/aromatic N) is 2. The Kier molecular flexibility index (Phi) is 5.23. The maximum absolute atomic E-state index is 13.0. The number of thioether (sulfide) groups is 1. The fourth-order valence-electron chi connectivity index (χ4n) is 4.60. The van der Waals surface area contributed by atoms with E-state index in [4.69, 9.17) is 0 Å². The summed E-state index contributed by atoms with van der Waals surface area (Å²) in [4.78, 5) is 30.5. The summed E-state index contributed by atoms with van der Waals surface area (Å²) in [5.41, 5.74) is 0.911. The Morgan fingerprint density at radius 3 is 2.62 bits per heavy atom. The Bertz CT molecular complexity index is 681. The summed E-state index contributed by atoms with van der Waals surface area (Å²) in [5, 5.41) is 3.47. The lowest BCUT2D eigenvalue weighted by Crippen LogP contribution is -2.38. The summed E-state index contributed by atoms with van der Waals surface area (Å²) in [6, 6.07) is 8.02. The third kappa shape index (κ3) is 3.49. The molecule has 1 N–H and O–H groups in total. The van der Waals surface area contributed by atoms with Gasteiger partial charge in [-0.15, -0.1) is 11.8 Å². The Morgan fingerprint density at radius 2 is 1.92 bits per heavy atom. The monoisotopic (exact) mass is 373 g/mol. The average Bonchev–Trinajstić information content (AvgIpc) is 3.22. The van der Waals surface area contributed by atoms with Gasteiger partial charge in [-0.25, -0.2) is 0 Å². The predicted molar refractivity (Wildman–Crippen MR) is 104 cm³/mol.